The molecule has 0 bridgehead atoms. The van der Waals surface area contributed by atoms with Gasteiger partial charge in [0.05, 0.1) is 16.1 Å². The molecule has 0 aliphatic rings. The Morgan fingerprint density at radius 2 is 2.23 bits per heavy atom. The van der Waals surface area contributed by atoms with Crippen LogP contribution < -0.4 is 0 Å². The van der Waals surface area contributed by atoms with Crippen LogP contribution in [0.4, 0.5) is 0 Å². The molecule has 0 unspecified atom stereocenters. The number of rotatable bonds is 1. The van der Waals surface area contributed by atoms with E-state index in [1.54, 1.807) is 6.07 Å². The highest BCUT2D eigenvalue weighted by Crippen LogP contribution is 2.24. The molecule has 13 heavy (non-hydrogen) atoms. The molecule has 3 nitrogen and oxygen atoms in total. The first-order valence-corrected chi connectivity index (χ1v) is 4.04. The molecule has 0 spiro atoms. The van der Waals surface area contributed by atoms with E-state index in [1.165, 1.54) is 12.1 Å². The van der Waals surface area contributed by atoms with Crippen LogP contribution in [0.5, 0.6) is 0 Å². The Bertz CT molecular complexity index is 411. The molecule has 0 aliphatic heterocycles. The Kier molecular flexibility index (Phi) is 2.81. The van der Waals surface area contributed by atoms with Crippen molar-refractivity contribution in [3.8, 4) is 6.07 Å². The molecule has 0 radical (unpaired) electrons. The molecule has 0 heterocycles. The van der Waals surface area contributed by atoms with Gasteiger partial charge in [-0.15, -0.1) is 12.6 Å². The maximum atomic E-state index is 10.6. The number of carbonyl (C=O) groups is 1. The zero-order chi connectivity index (χ0) is 10.0. The average molecular weight is 214 g/mol. The summed E-state index contributed by atoms with van der Waals surface area (Å²) >= 11 is 9.59. The number of benzene rings is 1. The van der Waals surface area contributed by atoms with Crippen molar-refractivity contribution in [2.75, 3.05) is 0 Å². The molecule has 0 saturated carbocycles. The van der Waals surface area contributed by atoms with Crippen molar-refractivity contribution >= 4 is 30.2 Å². The van der Waals surface area contributed by atoms with Crippen LogP contribution in [-0.4, -0.2) is 11.1 Å². The number of hydrogen-bond acceptors (Lipinski definition) is 3. The standard InChI is InChI=1S/C8H4ClNO2S/c9-7-4(3-10)1-5(13)2-6(7)8(11)12/h1-2,13H,(H,11,12). The van der Waals surface area contributed by atoms with Gasteiger partial charge in [-0.25, -0.2) is 4.79 Å². The number of hydrogen-bond donors (Lipinski definition) is 2. The highest BCUT2D eigenvalue weighted by molar-refractivity contribution is 7.80. The second kappa shape index (κ2) is 3.69. The van der Waals surface area contributed by atoms with Gasteiger partial charge in [-0.1, -0.05) is 11.6 Å². The summed E-state index contributed by atoms with van der Waals surface area (Å²) in [7, 11) is 0. The largest absolute Gasteiger partial charge is 0.478 e. The molecule has 0 amide bonds. The Balaban J connectivity index is 3.47. The molecule has 1 aromatic rings. The van der Waals surface area contributed by atoms with E-state index in [0.717, 1.165) is 0 Å². The van der Waals surface area contributed by atoms with Gasteiger partial charge in [0, 0.05) is 4.90 Å². The molecule has 0 saturated heterocycles. The minimum absolute atomic E-state index is 0.0483. The van der Waals surface area contributed by atoms with E-state index < -0.39 is 5.97 Å². The second-order valence-corrected chi connectivity index (χ2v) is 3.17. The summed E-state index contributed by atoms with van der Waals surface area (Å²) < 4.78 is 0. The fourth-order valence-electron chi connectivity index (χ4n) is 0.846. The van der Waals surface area contributed by atoms with Crippen LogP contribution in [-0.2, 0) is 0 Å². The van der Waals surface area contributed by atoms with Crippen LogP contribution in [0, 0.1) is 11.3 Å². The van der Waals surface area contributed by atoms with Crippen molar-refractivity contribution in [3.63, 3.8) is 0 Å². The Morgan fingerprint density at radius 3 is 2.69 bits per heavy atom. The minimum atomic E-state index is -1.17. The third-order valence-electron chi connectivity index (χ3n) is 1.41. The number of thiol groups is 1. The fraction of sp³-hybridized carbons (Fsp3) is 0. The number of carboxylic acid groups (broad SMARTS) is 1. The predicted octanol–water partition coefficient (Wildman–Crippen LogP) is 2.20. The number of carboxylic acids is 1. The molecule has 1 N–H and O–H groups in total. The van der Waals surface area contributed by atoms with Crippen molar-refractivity contribution in [1.29, 1.82) is 5.26 Å². The van der Waals surface area contributed by atoms with Crippen molar-refractivity contribution in [2.45, 2.75) is 4.90 Å². The highest BCUT2D eigenvalue weighted by atomic mass is 35.5. The van der Waals surface area contributed by atoms with E-state index in [0.29, 0.717) is 4.90 Å². The molecular formula is C8H4ClNO2S. The molecule has 66 valence electrons. The van der Waals surface area contributed by atoms with Crippen molar-refractivity contribution in [1.82, 2.24) is 0 Å². The molecule has 0 atom stereocenters. The third-order valence-corrected chi connectivity index (χ3v) is 2.07. The summed E-state index contributed by atoms with van der Waals surface area (Å²) in [4.78, 5) is 11.0. The zero-order valence-corrected chi connectivity index (χ0v) is 7.93. The minimum Gasteiger partial charge on any atom is -0.478 e. The zero-order valence-electron chi connectivity index (χ0n) is 6.28. The van der Waals surface area contributed by atoms with Gasteiger partial charge in [-0.05, 0) is 12.1 Å². The number of aromatic carboxylic acids is 1. The quantitative estimate of drug-likeness (QED) is 0.703. The molecule has 0 aliphatic carbocycles. The lowest BCUT2D eigenvalue weighted by Gasteiger charge is -2.01. The summed E-state index contributed by atoms with van der Waals surface area (Å²) in [6.07, 6.45) is 0. The van der Waals surface area contributed by atoms with E-state index in [2.05, 4.69) is 12.6 Å². The maximum Gasteiger partial charge on any atom is 0.337 e. The van der Waals surface area contributed by atoms with Crippen LogP contribution >= 0.6 is 24.2 Å². The van der Waals surface area contributed by atoms with Gasteiger partial charge in [0.1, 0.15) is 6.07 Å². The highest BCUT2D eigenvalue weighted by Gasteiger charge is 2.13. The normalized spacial score (nSPS) is 9.31. The summed E-state index contributed by atoms with van der Waals surface area (Å²) in [6.45, 7) is 0. The summed E-state index contributed by atoms with van der Waals surface area (Å²) in [5, 5.41) is 17.2. The van der Waals surface area contributed by atoms with Gasteiger partial charge in [0.15, 0.2) is 0 Å². The molecule has 1 aromatic carbocycles. The number of nitrogens with zero attached hydrogens (tertiary/aromatic N) is 1. The Hall–Kier alpha value is -1.18. The van der Waals surface area contributed by atoms with E-state index >= 15 is 0 Å². The van der Waals surface area contributed by atoms with Crippen LogP contribution in [0.25, 0.3) is 0 Å². The van der Waals surface area contributed by atoms with Gasteiger partial charge in [-0.3, -0.25) is 0 Å². The number of halogens is 1. The van der Waals surface area contributed by atoms with Gasteiger partial charge >= 0.3 is 5.97 Å². The van der Waals surface area contributed by atoms with Gasteiger partial charge < -0.3 is 5.11 Å². The van der Waals surface area contributed by atoms with E-state index in [1.807, 2.05) is 0 Å². The number of nitriles is 1. The monoisotopic (exact) mass is 213 g/mol. The van der Waals surface area contributed by atoms with E-state index in [4.69, 9.17) is 22.0 Å². The predicted molar refractivity (Wildman–Crippen MR) is 50.4 cm³/mol. The molecular weight excluding hydrogens is 210 g/mol. The lowest BCUT2D eigenvalue weighted by molar-refractivity contribution is 0.0697. The summed E-state index contributed by atoms with van der Waals surface area (Å²) in [6, 6.07) is 4.50. The average Bonchev–Trinajstić information content (AvgIpc) is 2.08. The van der Waals surface area contributed by atoms with Crippen LogP contribution in [0.1, 0.15) is 15.9 Å². The molecule has 0 aromatic heterocycles. The lowest BCUT2D eigenvalue weighted by atomic mass is 10.1. The SMILES string of the molecule is N#Cc1cc(S)cc(C(=O)O)c1Cl. The van der Waals surface area contributed by atoms with Crippen molar-refractivity contribution in [3.05, 3.63) is 28.3 Å². The summed E-state index contributed by atoms with van der Waals surface area (Å²) in [5.41, 5.74) is 0.0114. The van der Waals surface area contributed by atoms with Gasteiger partial charge in [0.25, 0.3) is 0 Å². The second-order valence-electron chi connectivity index (χ2n) is 2.27. The third kappa shape index (κ3) is 1.94. The fourth-order valence-corrected chi connectivity index (χ4v) is 1.34. The molecule has 0 fully saturated rings. The Labute approximate surface area is 85.0 Å². The first-order valence-electron chi connectivity index (χ1n) is 3.22. The molecule has 5 heteroatoms. The van der Waals surface area contributed by atoms with E-state index in [9.17, 15) is 4.79 Å². The summed E-state index contributed by atoms with van der Waals surface area (Å²) in [5.74, 6) is -1.17. The lowest BCUT2D eigenvalue weighted by Crippen LogP contribution is -1.99. The van der Waals surface area contributed by atoms with Crippen LogP contribution in [0.2, 0.25) is 5.02 Å². The first-order chi connectivity index (χ1) is 6.06. The smallest absolute Gasteiger partial charge is 0.337 e. The van der Waals surface area contributed by atoms with Gasteiger partial charge in [0.2, 0.25) is 0 Å². The van der Waals surface area contributed by atoms with Crippen LogP contribution in [0.3, 0.4) is 0 Å². The Morgan fingerprint density at radius 1 is 1.62 bits per heavy atom. The van der Waals surface area contributed by atoms with E-state index in [-0.39, 0.29) is 16.1 Å². The topological polar surface area (TPSA) is 61.1 Å². The maximum absolute atomic E-state index is 10.6. The van der Waals surface area contributed by atoms with Crippen molar-refractivity contribution in [2.24, 2.45) is 0 Å². The van der Waals surface area contributed by atoms with Crippen LogP contribution in [0.15, 0.2) is 17.0 Å². The first kappa shape index (κ1) is 9.90. The molecule has 1 rings (SSSR count). The van der Waals surface area contributed by atoms with Gasteiger partial charge in [-0.2, -0.15) is 5.26 Å². The van der Waals surface area contributed by atoms with Crippen molar-refractivity contribution < 1.29 is 9.90 Å².